The standard InChI is InChI=1S/C19H23N5O4/c1-21-19(18(20)28)9-23(10-19)7-11-3-2-4-12-8-24(17(27)15(11)12)13-5-6-14(25)22-16(13)26/h2-4,13,21H,5-10H2,1H3,(H2,20,28)(H,22,25,26). The fourth-order valence-corrected chi connectivity index (χ4v) is 4.33. The van der Waals surface area contributed by atoms with E-state index in [0.717, 1.165) is 11.1 Å². The average Bonchev–Trinajstić information content (AvgIpc) is 2.95. The van der Waals surface area contributed by atoms with Gasteiger partial charge in [-0.25, -0.2) is 0 Å². The summed E-state index contributed by atoms with van der Waals surface area (Å²) in [7, 11) is 1.71. The maximum absolute atomic E-state index is 13.1. The summed E-state index contributed by atoms with van der Waals surface area (Å²) in [6.45, 7) is 1.84. The molecular formula is C19H23N5O4. The van der Waals surface area contributed by atoms with Gasteiger partial charge in [0, 0.05) is 38.2 Å². The predicted octanol–water partition coefficient (Wildman–Crippen LogP) is -1.29. The molecule has 0 spiro atoms. The van der Waals surface area contributed by atoms with Crippen molar-refractivity contribution in [2.24, 2.45) is 5.73 Å². The monoisotopic (exact) mass is 385 g/mol. The fourth-order valence-electron chi connectivity index (χ4n) is 4.33. The van der Waals surface area contributed by atoms with Crippen LogP contribution in [0.1, 0.15) is 34.3 Å². The molecule has 0 bridgehead atoms. The van der Waals surface area contributed by atoms with Crippen LogP contribution in [0.15, 0.2) is 18.2 Å². The maximum Gasteiger partial charge on any atom is 0.255 e. The van der Waals surface area contributed by atoms with E-state index in [2.05, 4.69) is 15.5 Å². The Labute approximate surface area is 162 Å². The van der Waals surface area contributed by atoms with Crippen molar-refractivity contribution >= 4 is 23.6 Å². The van der Waals surface area contributed by atoms with Crippen molar-refractivity contribution < 1.29 is 19.2 Å². The largest absolute Gasteiger partial charge is 0.368 e. The number of rotatable bonds is 5. The number of carbonyl (C=O) groups excluding carboxylic acids is 4. The Morgan fingerprint density at radius 1 is 1.32 bits per heavy atom. The number of primary amides is 1. The van der Waals surface area contributed by atoms with Gasteiger partial charge < -0.3 is 16.0 Å². The molecule has 4 N–H and O–H groups in total. The Morgan fingerprint density at radius 2 is 2.07 bits per heavy atom. The van der Waals surface area contributed by atoms with Gasteiger partial charge >= 0.3 is 0 Å². The van der Waals surface area contributed by atoms with Crippen molar-refractivity contribution in [3.8, 4) is 0 Å². The zero-order chi connectivity index (χ0) is 20.1. The Hall–Kier alpha value is -2.78. The average molecular weight is 385 g/mol. The molecule has 1 aromatic carbocycles. The smallest absolute Gasteiger partial charge is 0.255 e. The summed E-state index contributed by atoms with van der Waals surface area (Å²) in [5.41, 5.74) is 7.13. The van der Waals surface area contributed by atoms with Gasteiger partial charge in [-0.2, -0.15) is 0 Å². The minimum absolute atomic E-state index is 0.185. The van der Waals surface area contributed by atoms with E-state index in [1.807, 2.05) is 18.2 Å². The van der Waals surface area contributed by atoms with Crippen molar-refractivity contribution in [2.45, 2.75) is 37.5 Å². The van der Waals surface area contributed by atoms with E-state index >= 15 is 0 Å². The van der Waals surface area contributed by atoms with Crippen LogP contribution in [0.2, 0.25) is 0 Å². The molecule has 0 aromatic heterocycles. The Balaban J connectivity index is 1.51. The number of benzene rings is 1. The summed E-state index contributed by atoms with van der Waals surface area (Å²) < 4.78 is 0. The number of piperidine rings is 1. The Morgan fingerprint density at radius 3 is 2.71 bits per heavy atom. The van der Waals surface area contributed by atoms with Crippen molar-refractivity contribution in [3.05, 3.63) is 34.9 Å². The highest BCUT2D eigenvalue weighted by molar-refractivity contribution is 6.06. The third-order valence-electron chi connectivity index (χ3n) is 5.97. The number of carbonyl (C=O) groups is 4. The first kappa shape index (κ1) is 18.6. The highest BCUT2D eigenvalue weighted by Gasteiger charge is 2.47. The molecule has 0 aliphatic carbocycles. The molecular weight excluding hydrogens is 362 g/mol. The van der Waals surface area contributed by atoms with Gasteiger partial charge in [-0.3, -0.25) is 29.4 Å². The van der Waals surface area contributed by atoms with Crippen LogP contribution in [0.4, 0.5) is 0 Å². The van der Waals surface area contributed by atoms with Crippen LogP contribution in [0.5, 0.6) is 0 Å². The van der Waals surface area contributed by atoms with Crippen LogP contribution < -0.4 is 16.4 Å². The summed E-state index contributed by atoms with van der Waals surface area (Å²) in [4.78, 5) is 51.9. The second-order valence-electron chi connectivity index (χ2n) is 7.69. The molecule has 9 heteroatoms. The van der Waals surface area contributed by atoms with Crippen molar-refractivity contribution in [1.82, 2.24) is 20.4 Å². The SMILES string of the molecule is CNC1(C(N)=O)CN(Cc2cccc3c2C(=O)N(C2CCC(=O)NC2=O)C3)C1. The molecule has 3 aliphatic rings. The summed E-state index contributed by atoms with van der Waals surface area (Å²) in [6.07, 6.45) is 0.575. The Kier molecular flexibility index (Phi) is 4.43. The van der Waals surface area contributed by atoms with Crippen molar-refractivity contribution in [2.75, 3.05) is 20.1 Å². The number of nitrogens with zero attached hydrogens (tertiary/aromatic N) is 2. The highest BCUT2D eigenvalue weighted by atomic mass is 16.2. The molecule has 0 saturated carbocycles. The summed E-state index contributed by atoms with van der Waals surface area (Å²) >= 11 is 0. The van der Waals surface area contributed by atoms with Gasteiger partial charge in [0.2, 0.25) is 17.7 Å². The zero-order valence-corrected chi connectivity index (χ0v) is 15.7. The lowest BCUT2D eigenvalue weighted by molar-refractivity contribution is -0.137. The van der Waals surface area contributed by atoms with Gasteiger partial charge in [-0.05, 0) is 24.6 Å². The number of fused-ring (bicyclic) bond motifs is 1. The van der Waals surface area contributed by atoms with Crippen molar-refractivity contribution in [1.29, 1.82) is 0 Å². The third-order valence-corrected chi connectivity index (χ3v) is 5.97. The number of hydrogen-bond donors (Lipinski definition) is 3. The van der Waals surface area contributed by atoms with Gasteiger partial charge in [0.15, 0.2) is 0 Å². The second-order valence-corrected chi connectivity index (χ2v) is 7.69. The first-order valence-electron chi connectivity index (χ1n) is 9.31. The molecule has 0 radical (unpaired) electrons. The van der Waals surface area contributed by atoms with E-state index in [0.29, 0.717) is 38.2 Å². The van der Waals surface area contributed by atoms with Crippen LogP contribution in [0, 0.1) is 0 Å². The van der Waals surface area contributed by atoms with Gasteiger partial charge in [0.1, 0.15) is 11.6 Å². The molecule has 1 atom stereocenters. The molecule has 148 valence electrons. The molecule has 2 fully saturated rings. The van der Waals surface area contributed by atoms with E-state index in [1.165, 1.54) is 0 Å². The van der Waals surface area contributed by atoms with Crippen LogP contribution in [-0.4, -0.2) is 65.1 Å². The molecule has 1 unspecified atom stereocenters. The lowest BCUT2D eigenvalue weighted by atomic mass is 9.88. The summed E-state index contributed by atoms with van der Waals surface area (Å²) in [5.74, 6) is -1.28. The number of nitrogens with two attached hydrogens (primary N) is 1. The van der Waals surface area contributed by atoms with E-state index in [1.54, 1.807) is 11.9 Å². The second kappa shape index (κ2) is 6.68. The summed E-state index contributed by atoms with van der Waals surface area (Å²) in [6, 6.07) is 5.06. The first-order valence-corrected chi connectivity index (χ1v) is 9.31. The van der Waals surface area contributed by atoms with E-state index < -0.39 is 17.5 Å². The minimum atomic E-state index is -0.722. The summed E-state index contributed by atoms with van der Waals surface area (Å²) in [5, 5.41) is 5.30. The van der Waals surface area contributed by atoms with Crippen molar-refractivity contribution in [3.63, 3.8) is 0 Å². The fraction of sp³-hybridized carbons (Fsp3) is 0.474. The number of amides is 4. The first-order chi connectivity index (χ1) is 13.3. The van der Waals surface area contributed by atoms with E-state index in [-0.39, 0.29) is 24.1 Å². The molecule has 4 amide bonds. The van der Waals surface area contributed by atoms with E-state index in [4.69, 9.17) is 5.73 Å². The number of imide groups is 1. The van der Waals surface area contributed by atoms with Crippen LogP contribution in [-0.2, 0) is 27.5 Å². The number of likely N-dealkylation sites (tertiary alicyclic amines) is 1. The Bertz CT molecular complexity index is 877. The van der Waals surface area contributed by atoms with Gasteiger partial charge in [0.25, 0.3) is 5.91 Å². The molecule has 3 aliphatic heterocycles. The van der Waals surface area contributed by atoms with Gasteiger partial charge in [-0.15, -0.1) is 0 Å². The predicted molar refractivity (Wildman–Crippen MR) is 98.7 cm³/mol. The van der Waals surface area contributed by atoms with Gasteiger partial charge in [-0.1, -0.05) is 18.2 Å². The highest BCUT2D eigenvalue weighted by Crippen LogP contribution is 2.32. The number of hydrogen-bond acceptors (Lipinski definition) is 6. The van der Waals surface area contributed by atoms with Gasteiger partial charge in [0.05, 0.1) is 0 Å². The molecule has 28 heavy (non-hydrogen) atoms. The number of likely N-dealkylation sites (N-methyl/N-ethyl adjacent to an activating group) is 1. The lowest BCUT2D eigenvalue weighted by Crippen LogP contribution is -2.73. The van der Waals surface area contributed by atoms with E-state index in [9.17, 15) is 19.2 Å². The minimum Gasteiger partial charge on any atom is -0.368 e. The normalized spacial score (nSPS) is 24.0. The molecule has 2 saturated heterocycles. The molecule has 3 heterocycles. The maximum atomic E-state index is 13.1. The molecule has 9 nitrogen and oxygen atoms in total. The quantitative estimate of drug-likeness (QED) is 0.542. The molecule has 1 aromatic rings. The molecule has 4 rings (SSSR count). The lowest BCUT2D eigenvalue weighted by Gasteiger charge is -2.48. The van der Waals surface area contributed by atoms with Crippen LogP contribution in [0.25, 0.3) is 0 Å². The number of nitrogens with one attached hydrogen (secondary N) is 2. The zero-order valence-electron chi connectivity index (χ0n) is 15.7. The third kappa shape index (κ3) is 2.87. The van der Waals surface area contributed by atoms with Crippen LogP contribution >= 0.6 is 0 Å². The van der Waals surface area contributed by atoms with Crippen LogP contribution in [0.3, 0.4) is 0 Å². The topological polar surface area (TPSA) is 125 Å².